The van der Waals surface area contributed by atoms with Crippen molar-refractivity contribution in [2.24, 2.45) is 4.99 Å². The van der Waals surface area contributed by atoms with E-state index >= 15 is 0 Å². The molecule has 0 radical (unpaired) electrons. The average molecular weight is 382 g/mol. The number of hydrogen-bond acceptors (Lipinski definition) is 4. The van der Waals surface area contributed by atoms with E-state index < -0.39 is 0 Å². The second-order valence-electron chi connectivity index (χ2n) is 6.11. The Bertz CT molecular complexity index is 989. The van der Waals surface area contributed by atoms with E-state index in [0.717, 1.165) is 23.1 Å². The summed E-state index contributed by atoms with van der Waals surface area (Å²) < 4.78 is 8.18. The maximum Gasteiger partial charge on any atom is 0.307 e. The lowest BCUT2D eigenvalue weighted by Crippen LogP contribution is -2.19. The Morgan fingerprint density at radius 1 is 1.07 bits per heavy atom. The van der Waals surface area contributed by atoms with Crippen molar-refractivity contribution in [3.8, 4) is 0 Å². The highest BCUT2D eigenvalue weighted by Crippen LogP contribution is 2.17. The van der Waals surface area contributed by atoms with Crippen LogP contribution in [0.15, 0.2) is 59.6 Å². The molecule has 3 aromatic rings. The lowest BCUT2D eigenvalue weighted by molar-refractivity contribution is -0.144. The fraction of sp³-hybridized carbons (Fsp3) is 0.286. The Morgan fingerprint density at radius 2 is 1.81 bits per heavy atom. The Morgan fingerprint density at radius 3 is 2.59 bits per heavy atom. The number of carbonyl (C=O) groups excluding carboxylic acids is 2. The highest BCUT2D eigenvalue weighted by molar-refractivity contribution is 7.16. The molecule has 0 aliphatic carbocycles. The summed E-state index contributed by atoms with van der Waals surface area (Å²) in [7, 11) is 0. The molecular weight excluding hydrogens is 360 g/mol. The van der Waals surface area contributed by atoms with Gasteiger partial charge in [-0.25, -0.2) is 0 Å². The van der Waals surface area contributed by atoms with E-state index in [9.17, 15) is 9.59 Å². The molecule has 0 aliphatic rings. The summed E-state index contributed by atoms with van der Waals surface area (Å²) in [5, 5.41) is 0. The summed E-state index contributed by atoms with van der Waals surface area (Å²) in [6.07, 6.45) is 2.10. The summed E-state index contributed by atoms with van der Waals surface area (Å²) in [4.78, 5) is 29.4. The number of hydrogen-bond donors (Lipinski definition) is 0. The van der Waals surface area contributed by atoms with Crippen LogP contribution in [0.2, 0.25) is 0 Å². The van der Waals surface area contributed by atoms with E-state index in [1.54, 1.807) is 12.1 Å². The van der Waals surface area contributed by atoms with Crippen LogP contribution in [0.1, 0.15) is 36.5 Å². The van der Waals surface area contributed by atoms with Crippen LogP contribution in [0.5, 0.6) is 0 Å². The third kappa shape index (κ3) is 4.92. The largest absolute Gasteiger partial charge is 0.466 e. The molecule has 0 spiro atoms. The number of aromatic nitrogens is 1. The molecule has 5 nitrogen and oxygen atoms in total. The number of rotatable bonds is 7. The molecule has 0 unspecified atom stereocenters. The standard InChI is InChI=1S/C21H22N2O3S/c1-2-3-15-26-19(24)13-14-23-17-11-7-8-12-18(17)27-21(23)22-20(25)16-9-5-4-6-10-16/h4-12H,2-3,13-15H2,1H3. The van der Waals surface area contributed by atoms with E-state index in [1.165, 1.54) is 11.3 Å². The zero-order valence-electron chi connectivity index (χ0n) is 15.3. The number of esters is 1. The van der Waals surface area contributed by atoms with E-state index in [4.69, 9.17) is 4.74 Å². The zero-order valence-corrected chi connectivity index (χ0v) is 16.1. The van der Waals surface area contributed by atoms with E-state index in [1.807, 2.05) is 47.0 Å². The first-order chi connectivity index (χ1) is 13.2. The van der Waals surface area contributed by atoms with Crippen LogP contribution in [-0.4, -0.2) is 23.1 Å². The van der Waals surface area contributed by atoms with Crippen LogP contribution in [-0.2, 0) is 16.1 Å². The fourth-order valence-electron chi connectivity index (χ4n) is 2.66. The molecule has 1 amide bonds. The van der Waals surface area contributed by atoms with Crippen molar-refractivity contribution in [2.45, 2.75) is 32.7 Å². The molecule has 27 heavy (non-hydrogen) atoms. The number of aryl methyl sites for hydroxylation is 1. The molecule has 0 N–H and O–H groups in total. The number of unbranched alkanes of at least 4 members (excludes halogenated alkanes) is 1. The highest BCUT2D eigenvalue weighted by atomic mass is 32.1. The Kier molecular flexibility index (Phi) is 6.54. The van der Waals surface area contributed by atoms with Crippen molar-refractivity contribution in [3.63, 3.8) is 0 Å². The molecule has 0 atom stereocenters. The van der Waals surface area contributed by atoms with Crippen molar-refractivity contribution in [3.05, 3.63) is 65.0 Å². The van der Waals surface area contributed by atoms with Crippen molar-refractivity contribution < 1.29 is 14.3 Å². The first-order valence-corrected chi connectivity index (χ1v) is 9.89. The van der Waals surface area contributed by atoms with Crippen LogP contribution < -0.4 is 4.80 Å². The third-order valence-electron chi connectivity index (χ3n) is 4.11. The molecule has 1 heterocycles. The van der Waals surface area contributed by atoms with Crippen molar-refractivity contribution in [1.29, 1.82) is 0 Å². The molecule has 1 aromatic heterocycles. The molecule has 0 bridgehead atoms. The first kappa shape index (κ1) is 19.0. The number of fused-ring (bicyclic) bond motifs is 1. The summed E-state index contributed by atoms with van der Waals surface area (Å²) in [5.41, 5.74) is 1.50. The lowest BCUT2D eigenvalue weighted by Gasteiger charge is -2.06. The Balaban J connectivity index is 1.87. The van der Waals surface area contributed by atoms with Gasteiger partial charge in [0.15, 0.2) is 4.80 Å². The molecule has 0 aliphatic heterocycles. The van der Waals surface area contributed by atoms with Crippen molar-refractivity contribution in [2.75, 3.05) is 6.61 Å². The SMILES string of the molecule is CCCCOC(=O)CCn1c(=NC(=O)c2ccccc2)sc2ccccc21. The number of ether oxygens (including phenoxy) is 1. The predicted octanol–water partition coefficient (Wildman–Crippen LogP) is 4.18. The number of carbonyl (C=O) groups is 2. The minimum absolute atomic E-state index is 0.230. The summed E-state index contributed by atoms with van der Waals surface area (Å²) in [6.45, 7) is 2.93. The van der Waals surface area contributed by atoms with Crippen molar-refractivity contribution >= 4 is 33.4 Å². The summed E-state index contributed by atoms with van der Waals surface area (Å²) >= 11 is 1.44. The quantitative estimate of drug-likeness (QED) is 0.455. The molecule has 140 valence electrons. The van der Waals surface area contributed by atoms with Crippen molar-refractivity contribution in [1.82, 2.24) is 4.57 Å². The number of nitrogens with zero attached hydrogens (tertiary/aromatic N) is 2. The lowest BCUT2D eigenvalue weighted by atomic mass is 10.2. The van der Waals surface area contributed by atoms with Gasteiger partial charge in [-0.2, -0.15) is 4.99 Å². The highest BCUT2D eigenvalue weighted by Gasteiger charge is 2.11. The van der Waals surface area contributed by atoms with E-state index in [0.29, 0.717) is 23.5 Å². The number of amides is 1. The van der Waals surface area contributed by atoms with Gasteiger partial charge in [-0.05, 0) is 30.7 Å². The van der Waals surface area contributed by atoms with Crippen LogP contribution >= 0.6 is 11.3 Å². The van der Waals surface area contributed by atoms with E-state index in [-0.39, 0.29) is 18.3 Å². The van der Waals surface area contributed by atoms with Gasteiger partial charge in [-0.3, -0.25) is 9.59 Å². The third-order valence-corrected chi connectivity index (χ3v) is 5.17. The maximum absolute atomic E-state index is 12.5. The second kappa shape index (κ2) is 9.28. The molecular formula is C21H22N2O3S. The normalized spacial score (nSPS) is 11.7. The van der Waals surface area contributed by atoms with Gasteiger partial charge >= 0.3 is 5.97 Å². The summed E-state index contributed by atoms with van der Waals surface area (Å²) in [5.74, 6) is -0.520. The number of thiazole rings is 1. The average Bonchev–Trinajstić information content (AvgIpc) is 3.04. The minimum atomic E-state index is -0.290. The van der Waals surface area contributed by atoms with Gasteiger partial charge in [-0.15, -0.1) is 0 Å². The van der Waals surface area contributed by atoms with Gasteiger partial charge in [0.1, 0.15) is 0 Å². The predicted molar refractivity (Wildman–Crippen MR) is 107 cm³/mol. The van der Waals surface area contributed by atoms with Gasteiger partial charge in [0.05, 0.1) is 23.2 Å². The summed E-state index contributed by atoms with van der Waals surface area (Å²) in [6, 6.07) is 16.8. The molecule has 0 saturated heterocycles. The number of benzene rings is 2. The van der Waals surface area contributed by atoms with E-state index in [2.05, 4.69) is 11.9 Å². The Hall–Kier alpha value is -2.73. The molecule has 0 fully saturated rings. The first-order valence-electron chi connectivity index (χ1n) is 9.07. The zero-order chi connectivity index (χ0) is 19.1. The molecule has 6 heteroatoms. The van der Waals surface area contributed by atoms with Crippen LogP contribution in [0.25, 0.3) is 10.2 Å². The van der Waals surface area contributed by atoms with Crippen LogP contribution in [0.4, 0.5) is 0 Å². The van der Waals surface area contributed by atoms with Gasteiger partial charge in [0, 0.05) is 12.1 Å². The maximum atomic E-state index is 12.5. The molecule has 3 rings (SSSR count). The minimum Gasteiger partial charge on any atom is -0.466 e. The van der Waals surface area contributed by atoms with Gasteiger partial charge in [-0.1, -0.05) is 55.0 Å². The smallest absolute Gasteiger partial charge is 0.307 e. The van der Waals surface area contributed by atoms with Gasteiger partial charge in [0.2, 0.25) is 0 Å². The van der Waals surface area contributed by atoms with Gasteiger partial charge < -0.3 is 9.30 Å². The van der Waals surface area contributed by atoms with Gasteiger partial charge in [0.25, 0.3) is 5.91 Å². The monoisotopic (exact) mass is 382 g/mol. The Labute approximate surface area is 161 Å². The van der Waals surface area contributed by atoms with Crippen LogP contribution in [0.3, 0.4) is 0 Å². The second-order valence-corrected chi connectivity index (χ2v) is 7.12. The molecule has 2 aromatic carbocycles. The van der Waals surface area contributed by atoms with Crippen LogP contribution in [0, 0.1) is 0 Å². The number of para-hydroxylation sites is 1. The molecule has 0 saturated carbocycles. The topological polar surface area (TPSA) is 60.7 Å². The fourth-order valence-corrected chi connectivity index (χ4v) is 3.71.